The number of carbonyl (C=O) groups excluding carboxylic acids is 4. The first-order valence-electron chi connectivity index (χ1n) is 23.6. The number of allylic oxidation sites excluding steroid dienone is 2. The zero-order valence-electron chi connectivity index (χ0n) is 40.3. The number of anilines is 2. The van der Waals surface area contributed by atoms with Gasteiger partial charge in [-0.2, -0.15) is 10.2 Å². The molecule has 0 aliphatic carbocycles. The van der Waals surface area contributed by atoms with Crippen LogP contribution in [0.15, 0.2) is 48.6 Å². The molecular formula is C49H59N11O9. The summed E-state index contributed by atoms with van der Waals surface area (Å²) in [7, 11) is 0. The lowest BCUT2D eigenvalue weighted by Gasteiger charge is -2.40. The van der Waals surface area contributed by atoms with Crippen molar-refractivity contribution in [1.82, 2.24) is 43.6 Å². The van der Waals surface area contributed by atoms with Crippen LogP contribution in [-0.4, -0.2) is 124 Å². The number of rotatable bonds is 10. The van der Waals surface area contributed by atoms with Gasteiger partial charge in [-0.3, -0.25) is 34.5 Å². The molecule has 2 saturated heterocycles. The smallest absolute Gasteiger partial charge is 0.338 e. The maximum atomic E-state index is 14.1. The first kappa shape index (κ1) is 47.0. The van der Waals surface area contributed by atoms with Gasteiger partial charge in [0.2, 0.25) is 11.9 Å². The summed E-state index contributed by atoms with van der Waals surface area (Å²) >= 11 is 0. The lowest BCUT2D eigenvalue weighted by atomic mass is 10.1. The number of aromatic nitrogens is 8. The molecule has 3 atom stereocenters. The molecule has 20 heteroatoms. The number of imidazole rings is 2. The molecule has 2 amide bonds. The lowest BCUT2D eigenvalue weighted by Crippen LogP contribution is -2.55. The van der Waals surface area contributed by atoms with Gasteiger partial charge in [-0.05, 0) is 105 Å². The number of nitrogens with zero attached hydrogens (tertiary/aromatic N) is 9. The van der Waals surface area contributed by atoms with Crippen LogP contribution >= 0.6 is 0 Å². The first-order chi connectivity index (χ1) is 33.1. The summed E-state index contributed by atoms with van der Waals surface area (Å²) in [6.45, 7) is 17.4. The summed E-state index contributed by atoms with van der Waals surface area (Å²) < 4.78 is 38.0. The van der Waals surface area contributed by atoms with Crippen molar-refractivity contribution in [3.05, 3.63) is 82.5 Å². The third kappa shape index (κ3) is 9.54. The van der Waals surface area contributed by atoms with E-state index in [1.807, 2.05) is 49.0 Å². The second-order valence-corrected chi connectivity index (χ2v) is 18.5. The first-order valence-corrected chi connectivity index (χ1v) is 23.6. The highest BCUT2D eigenvalue weighted by atomic mass is 16.6. The predicted molar refractivity (Wildman–Crippen MR) is 255 cm³/mol. The molecule has 2 N–H and O–H groups in total. The summed E-state index contributed by atoms with van der Waals surface area (Å²) in [6, 6.07) is 9.83. The van der Waals surface area contributed by atoms with Crippen LogP contribution in [0.2, 0.25) is 0 Å². The number of aryl methyl sites for hydroxylation is 4. The average Bonchev–Trinajstić information content (AvgIpc) is 4.11. The van der Waals surface area contributed by atoms with Crippen LogP contribution in [0, 0.1) is 13.8 Å². The minimum Gasteiger partial charge on any atom is -0.490 e. The number of esters is 2. The molecule has 0 saturated carbocycles. The minimum atomic E-state index is -0.786. The molecule has 364 valence electrons. The van der Waals surface area contributed by atoms with E-state index in [1.54, 1.807) is 73.5 Å². The zero-order chi connectivity index (χ0) is 48.7. The summed E-state index contributed by atoms with van der Waals surface area (Å²) in [5.41, 5.74) is 3.62. The zero-order valence-corrected chi connectivity index (χ0v) is 40.3. The summed E-state index contributed by atoms with van der Waals surface area (Å²) in [4.78, 5) is 67.6. The Hall–Kier alpha value is -7.06. The fraction of sp³-hybridized carbons (Fsp3) is 0.469. The molecule has 20 nitrogen and oxygen atoms in total. The monoisotopic (exact) mass is 945 g/mol. The predicted octanol–water partition coefficient (Wildman–Crippen LogP) is 6.33. The van der Waals surface area contributed by atoms with Crippen molar-refractivity contribution in [1.29, 1.82) is 0 Å². The van der Waals surface area contributed by atoms with Crippen LogP contribution in [-0.2, 0) is 40.4 Å². The summed E-state index contributed by atoms with van der Waals surface area (Å²) in [5.74, 6) is -0.833. The Morgan fingerprint density at radius 3 is 1.59 bits per heavy atom. The van der Waals surface area contributed by atoms with Crippen LogP contribution in [0.25, 0.3) is 22.1 Å². The van der Waals surface area contributed by atoms with Crippen molar-refractivity contribution in [2.24, 2.45) is 0 Å². The maximum absolute atomic E-state index is 14.1. The number of benzene rings is 2. The third-order valence-electron chi connectivity index (χ3n) is 12.4. The summed E-state index contributed by atoms with van der Waals surface area (Å²) in [6.07, 6.45) is 5.65. The molecule has 3 aliphatic rings. The molecule has 2 bridgehead atoms. The highest BCUT2D eigenvalue weighted by Crippen LogP contribution is 2.37. The molecule has 69 heavy (non-hydrogen) atoms. The van der Waals surface area contributed by atoms with E-state index in [2.05, 4.69) is 25.7 Å². The molecule has 4 aromatic heterocycles. The van der Waals surface area contributed by atoms with Gasteiger partial charge < -0.3 is 32.8 Å². The molecule has 7 heterocycles. The molecular weight excluding hydrogens is 887 g/mol. The quantitative estimate of drug-likeness (QED) is 0.114. The van der Waals surface area contributed by atoms with Gasteiger partial charge in [-0.15, -0.1) is 0 Å². The molecule has 2 aromatic carbocycles. The molecule has 0 radical (unpaired) electrons. The van der Waals surface area contributed by atoms with Crippen molar-refractivity contribution < 1.29 is 42.9 Å². The number of morpholine rings is 1. The topological polar surface area (TPSA) is 213 Å². The van der Waals surface area contributed by atoms with Gasteiger partial charge >= 0.3 is 11.9 Å². The number of nitrogens with one attached hydrogen (secondary N) is 2. The maximum Gasteiger partial charge on any atom is 0.338 e. The molecule has 3 aliphatic heterocycles. The second kappa shape index (κ2) is 19.1. The number of fused-ring (bicyclic) bond motifs is 2. The summed E-state index contributed by atoms with van der Waals surface area (Å²) in [5, 5.41) is 15.0. The molecule has 6 aromatic rings. The van der Waals surface area contributed by atoms with Crippen LogP contribution in [0.5, 0.6) is 11.5 Å². The van der Waals surface area contributed by atoms with Gasteiger partial charge in [0.05, 0.1) is 59.4 Å². The van der Waals surface area contributed by atoms with Gasteiger partial charge in [0, 0.05) is 38.3 Å². The van der Waals surface area contributed by atoms with E-state index in [4.69, 9.17) is 33.7 Å². The Morgan fingerprint density at radius 1 is 0.667 bits per heavy atom. The van der Waals surface area contributed by atoms with Gasteiger partial charge in [0.1, 0.15) is 52.7 Å². The highest BCUT2D eigenvalue weighted by Gasteiger charge is 2.42. The number of hydrogen-bond acceptors (Lipinski definition) is 14. The molecule has 9 rings (SSSR count). The van der Waals surface area contributed by atoms with Crippen molar-refractivity contribution in [2.45, 2.75) is 118 Å². The van der Waals surface area contributed by atoms with E-state index in [0.717, 1.165) is 12.8 Å². The Kier molecular flexibility index (Phi) is 13.0. The van der Waals surface area contributed by atoms with Gasteiger partial charge in [0.15, 0.2) is 0 Å². The Bertz CT molecular complexity index is 2970. The Labute approximate surface area is 398 Å². The van der Waals surface area contributed by atoms with Crippen molar-refractivity contribution in [2.75, 3.05) is 43.7 Å². The SMILES string of the molecule is CCOC(=O)c1cc2c3c(c1)nc(NC(=O)c1cc(C)nn1CC)n3C/C=C/Cn1c(NC(=O)c3cc(C)nn3CC)nc3cc(C(=O)OC(C)(C)C)cc(c31)OC[C@H](N1C3CCC1COC3)CO2. The van der Waals surface area contributed by atoms with Crippen LogP contribution in [0.3, 0.4) is 0 Å². The van der Waals surface area contributed by atoms with Crippen LogP contribution in [0.1, 0.15) is 107 Å². The normalized spacial score (nSPS) is 19.0. The van der Waals surface area contributed by atoms with E-state index in [-0.39, 0.29) is 74.1 Å². The van der Waals surface area contributed by atoms with E-state index >= 15 is 0 Å². The van der Waals surface area contributed by atoms with Crippen LogP contribution < -0.4 is 20.1 Å². The van der Waals surface area contributed by atoms with E-state index in [9.17, 15) is 19.2 Å². The van der Waals surface area contributed by atoms with Gasteiger partial charge in [-0.1, -0.05) is 12.2 Å². The molecule has 2 fully saturated rings. The van der Waals surface area contributed by atoms with E-state index < -0.39 is 29.4 Å². The van der Waals surface area contributed by atoms with Gasteiger partial charge in [-0.25, -0.2) is 19.6 Å². The number of ether oxygens (including phenoxy) is 5. The average molecular weight is 946 g/mol. The highest BCUT2D eigenvalue weighted by molar-refractivity contribution is 6.05. The number of hydrogen-bond donors (Lipinski definition) is 2. The van der Waals surface area contributed by atoms with Gasteiger partial charge in [0.25, 0.3) is 11.8 Å². The third-order valence-corrected chi connectivity index (χ3v) is 12.4. The van der Waals surface area contributed by atoms with E-state index in [1.165, 1.54) is 0 Å². The Morgan fingerprint density at radius 2 is 1.14 bits per heavy atom. The standard InChI is InChI=1S/C49H59N11O9/c1-9-58-37(18-28(4)54-58)43(61)52-47-50-35-20-30(45(63)66-11-3)22-39-41(35)56(47)16-12-13-17-57-42-36(51-48(57)53-44(62)38-19-29(5)55-59(38)10-2)21-31(46(64)69-49(6,7)8)23-40(42)68-27-34(26-67-39)60-32-14-15-33(60)25-65-24-32/h12-13,18-23,32-34H,9-11,14-17,24-27H2,1-8H3,(H,50,52,61)(H,51,53,62)/b13-12+/t32?,33?,34-/m1/s1. The van der Waals surface area contributed by atoms with Crippen molar-refractivity contribution in [3.8, 4) is 11.5 Å². The fourth-order valence-corrected chi connectivity index (χ4v) is 9.49. The van der Waals surface area contributed by atoms with Crippen molar-refractivity contribution in [3.63, 3.8) is 0 Å². The fourth-order valence-electron chi connectivity index (χ4n) is 9.49. The van der Waals surface area contributed by atoms with E-state index in [0.29, 0.717) is 82.6 Å². The van der Waals surface area contributed by atoms with Crippen molar-refractivity contribution >= 4 is 57.7 Å². The molecule has 0 spiro atoms. The second-order valence-electron chi connectivity index (χ2n) is 18.5. The lowest BCUT2D eigenvalue weighted by molar-refractivity contribution is -0.0534. The molecule has 2 unspecified atom stereocenters. The Balaban J connectivity index is 1.21. The minimum absolute atomic E-state index is 0.0892. The number of amides is 2. The largest absolute Gasteiger partial charge is 0.490 e. The number of carbonyl (C=O) groups is 4. The van der Waals surface area contributed by atoms with Crippen LogP contribution in [0.4, 0.5) is 11.9 Å².